The molecule has 2 aromatic carbocycles. The standard InChI is InChI=1S/C18H21N3O2/c1-23-15-6-4-5-14(11-15)20-17-8-3-2-7-16(17)18(22)21-10-9-13(19)12-21/h2-8,11,13,20H,9-10,12,19H2,1H3/t13-/m0/s1. The summed E-state index contributed by atoms with van der Waals surface area (Å²) in [5, 5.41) is 3.30. The second-order valence-corrected chi connectivity index (χ2v) is 5.70. The molecule has 0 spiro atoms. The van der Waals surface area contributed by atoms with Gasteiger partial charge in [0.15, 0.2) is 0 Å². The number of benzene rings is 2. The lowest BCUT2D eigenvalue weighted by molar-refractivity contribution is 0.0792. The molecule has 1 aliphatic heterocycles. The molecule has 23 heavy (non-hydrogen) atoms. The minimum Gasteiger partial charge on any atom is -0.497 e. The Bertz CT molecular complexity index is 702. The molecule has 0 bridgehead atoms. The van der Waals surface area contributed by atoms with Crippen molar-refractivity contribution in [1.82, 2.24) is 4.90 Å². The molecule has 3 N–H and O–H groups in total. The van der Waals surface area contributed by atoms with Crippen molar-refractivity contribution in [1.29, 1.82) is 0 Å². The van der Waals surface area contributed by atoms with E-state index in [9.17, 15) is 4.79 Å². The maximum Gasteiger partial charge on any atom is 0.256 e. The fraction of sp³-hybridized carbons (Fsp3) is 0.278. The Labute approximate surface area is 136 Å². The number of carbonyl (C=O) groups is 1. The van der Waals surface area contributed by atoms with Crippen molar-refractivity contribution in [3.05, 3.63) is 54.1 Å². The Kier molecular flexibility index (Phi) is 4.48. The third kappa shape index (κ3) is 3.46. The van der Waals surface area contributed by atoms with E-state index in [-0.39, 0.29) is 11.9 Å². The van der Waals surface area contributed by atoms with Gasteiger partial charge in [-0.3, -0.25) is 4.79 Å². The number of para-hydroxylation sites is 1. The number of carbonyl (C=O) groups excluding carboxylic acids is 1. The third-order valence-electron chi connectivity index (χ3n) is 4.02. The fourth-order valence-corrected chi connectivity index (χ4v) is 2.78. The van der Waals surface area contributed by atoms with Gasteiger partial charge in [0.2, 0.25) is 0 Å². The SMILES string of the molecule is COc1cccc(Nc2ccccc2C(=O)N2CC[C@H](N)C2)c1. The minimum atomic E-state index is 0.0175. The summed E-state index contributed by atoms with van der Waals surface area (Å²) in [6, 6.07) is 15.2. The Balaban J connectivity index is 1.84. The molecule has 5 heteroatoms. The molecule has 1 atom stereocenters. The molecule has 0 aliphatic carbocycles. The number of ether oxygens (including phenoxy) is 1. The molecule has 0 aromatic heterocycles. The van der Waals surface area contributed by atoms with Crippen molar-refractivity contribution in [3.8, 4) is 5.75 Å². The van der Waals surface area contributed by atoms with E-state index in [1.54, 1.807) is 7.11 Å². The zero-order chi connectivity index (χ0) is 16.2. The highest BCUT2D eigenvalue weighted by Gasteiger charge is 2.25. The number of rotatable bonds is 4. The van der Waals surface area contributed by atoms with Gasteiger partial charge in [0.25, 0.3) is 5.91 Å². The first-order chi connectivity index (χ1) is 11.2. The first-order valence-corrected chi connectivity index (χ1v) is 7.72. The molecule has 0 unspecified atom stereocenters. The Morgan fingerprint density at radius 3 is 2.83 bits per heavy atom. The third-order valence-corrected chi connectivity index (χ3v) is 4.02. The quantitative estimate of drug-likeness (QED) is 0.911. The normalized spacial score (nSPS) is 17.1. The van der Waals surface area contributed by atoms with E-state index in [1.165, 1.54) is 0 Å². The average molecular weight is 311 g/mol. The van der Waals surface area contributed by atoms with E-state index >= 15 is 0 Å². The summed E-state index contributed by atoms with van der Waals surface area (Å²) in [5.41, 5.74) is 8.23. The van der Waals surface area contributed by atoms with Crippen LogP contribution in [0.1, 0.15) is 16.8 Å². The summed E-state index contributed by atoms with van der Waals surface area (Å²) in [7, 11) is 1.63. The van der Waals surface area contributed by atoms with Crippen LogP contribution in [-0.4, -0.2) is 37.0 Å². The van der Waals surface area contributed by atoms with Crippen LogP contribution in [0.5, 0.6) is 5.75 Å². The van der Waals surface area contributed by atoms with Gasteiger partial charge in [-0.15, -0.1) is 0 Å². The Morgan fingerprint density at radius 1 is 1.26 bits per heavy atom. The van der Waals surface area contributed by atoms with E-state index in [2.05, 4.69) is 5.32 Å². The topological polar surface area (TPSA) is 67.6 Å². The van der Waals surface area contributed by atoms with Gasteiger partial charge in [-0.05, 0) is 30.7 Å². The first kappa shape index (κ1) is 15.4. The van der Waals surface area contributed by atoms with E-state index in [0.29, 0.717) is 18.7 Å². The Hall–Kier alpha value is -2.53. The second kappa shape index (κ2) is 6.71. The lowest BCUT2D eigenvalue weighted by Crippen LogP contribution is -2.32. The molecule has 2 aromatic rings. The van der Waals surface area contributed by atoms with Gasteiger partial charge in [-0.25, -0.2) is 0 Å². The zero-order valence-electron chi connectivity index (χ0n) is 13.2. The van der Waals surface area contributed by atoms with Crippen LogP contribution in [0.25, 0.3) is 0 Å². The predicted molar refractivity (Wildman–Crippen MR) is 91.2 cm³/mol. The molecular formula is C18H21N3O2. The number of methoxy groups -OCH3 is 1. The molecule has 3 rings (SSSR count). The van der Waals surface area contributed by atoms with Crippen LogP contribution in [0.4, 0.5) is 11.4 Å². The van der Waals surface area contributed by atoms with Gasteiger partial charge in [-0.2, -0.15) is 0 Å². The van der Waals surface area contributed by atoms with Crippen molar-refractivity contribution < 1.29 is 9.53 Å². The van der Waals surface area contributed by atoms with E-state index in [1.807, 2.05) is 53.4 Å². The molecule has 1 fully saturated rings. The molecule has 5 nitrogen and oxygen atoms in total. The monoisotopic (exact) mass is 311 g/mol. The molecule has 0 saturated carbocycles. The van der Waals surface area contributed by atoms with Crippen molar-refractivity contribution in [3.63, 3.8) is 0 Å². The van der Waals surface area contributed by atoms with E-state index < -0.39 is 0 Å². The summed E-state index contributed by atoms with van der Waals surface area (Å²) < 4.78 is 5.23. The van der Waals surface area contributed by atoms with Crippen molar-refractivity contribution in [2.24, 2.45) is 5.73 Å². The molecule has 1 aliphatic rings. The highest BCUT2D eigenvalue weighted by atomic mass is 16.5. The number of nitrogens with two attached hydrogens (primary N) is 1. The van der Waals surface area contributed by atoms with Gasteiger partial charge in [0.1, 0.15) is 5.75 Å². The van der Waals surface area contributed by atoms with E-state index in [4.69, 9.17) is 10.5 Å². The summed E-state index contributed by atoms with van der Waals surface area (Å²) in [4.78, 5) is 14.5. The second-order valence-electron chi connectivity index (χ2n) is 5.70. The van der Waals surface area contributed by atoms with Crippen LogP contribution in [-0.2, 0) is 0 Å². The van der Waals surface area contributed by atoms with Crippen LogP contribution in [0.15, 0.2) is 48.5 Å². The molecule has 120 valence electrons. The predicted octanol–water partition coefficient (Wildman–Crippen LogP) is 2.61. The molecule has 1 saturated heterocycles. The van der Waals surface area contributed by atoms with Gasteiger partial charge in [-0.1, -0.05) is 18.2 Å². The first-order valence-electron chi connectivity index (χ1n) is 7.72. The number of hydrogen-bond donors (Lipinski definition) is 2. The van der Waals surface area contributed by atoms with Crippen molar-refractivity contribution >= 4 is 17.3 Å². The van der Waals surface area contributed by atoms with Crippen LogP contribution in [0.2, 0.25) is 0 Å². The highest BCUT2D eigenvalue weighted by molar-refractivity contribution is 6.00. The lowest BCUT2D eigenvalue weighted by Gasteiger charge is -2.19. The minimum absolute atomic E-state index is 0.0175. The van der Waals surface area contributed by atoms with Crippen molar-refractivity contribution in [2.75, 3.05) is 25.5 Å². The maximum absolute atomic E-state index is 12.7. The smallest absolute Gasteiger partial charge is 0.256 e. The molecule has 1 amide bonds. The van der Waals surface area contributed by atoms with E-state index in [0.717, 1.165) is 23.5 Å². The van der Waals surface area contributed by atoms with Gasteiger partial charge < -0.3 is 20.7 Å². The van der Waals surface area contributed by atoms with Crippen LogP contribution >= 0.6 is 0 Å². The van der Waals surface area contributed by atoms with Crippen molar-refractivity contribution in [2.45, 2.75) is 12.5 Å². The summed E-state index contributed by atoms with van der Waals surface area (Å²) >= 11 is 0. The van der Waals surface area contributed by atoms with Crippen LogP contribution in [0.3, 0.4) is 0 Å². The van der Waals surface area contributed by atoms with Crippen LogP contribution < -0.4 is 15.8 Å². The number of nitrogens with one attached hydrogen (secondary N) is 1. The number of hydrogen-bond acceptors (Lipinski definition) is 4. The summed E-state index contributed by atoms with van der Waals surface area (Å²) in [6.45, 7) is 1.33. The van der Waals surface area contributed by atoms with Gasteiger partial charge in [0.05, 0.1) is 18.4 Å². The largest absolute Gasteiger partial charge is 0.497 e. The van der Waals surface area contributed by atoms with Gasteiger partial charge in [0, 0.05) is 30.9 Å². The Morgan fingerprint density at radius 2 is 2.09 bits per heavy atom. The lowest BCUT2D eigenvalue weighted by atomic mass is 10.1. The number of anilines is 2. The maximum atomic E-state index is 12.7. The zero-order valence-corrected chi connectivity index (χ0v) is 13.2. The average Bonchev–Trinajstić information content (AvgIpc) is 3.01. The number of amides is 1. The fourth-order valence-electron chi connectivity index (χ4n) is 2.78. The highest BCUT2D eigenvalue weighted by Crippen LogP contribution is 2.25. The molecule has 0 radical (unpaired) electrons. The molecular weight excluding hydrogens is 290 g/mol. The molecule has 1 heterocycles. The number of likely N-dealkylation sites (tertiary alicyclic amines) is 1. The van der Waals surface area contributed by atoms with Gasteiger partial charge >= 0.3 is 0 Å². The summed E-state index contributed by atoms with van der Waals surface area (Å²) in [5.74, 6) is 0.785. The summed E-state index contributed by atoms with van der Waals surface area (Å²) in [6.07, 6.45) is 0.858. The van der Waals surface area contributed by atoms with Crippen LogP contribution in [0, 0.1) is 0 Å². The number of nitrogens with zero attached hydrogens (tertiary/aromatic N) is 1.